The molecule has 4 rings (SSSR count). The second kappa shape index (κ2) is 6.51. The molecule has 2 aliphatic rings. The zero-order chi connectivity index (χ0) is 16.4. The Morgan fingerprint density at radius 3 is 2.83 bits per heavy atom. The van der Waals surface area contributed by atoms with Crippen LogP contribution in [0.25, 0.3) is 0 Å². The summed E-state index contributed by atoms with van der Waals surface area (Å²) in [7, 11) is 0. The van der Waals surface area contributed by atoms with Gasteiger partial charge in [0, 0.05) is 38.4 Å². The summed E-state index contributed by atoms with van der Waals surface area (Å²) in [5.74, 6) is 0. The number of hydrogen-bond donors (Lipinski definition) is 2. The lowest BCUT2D eigenvalue weighted by Gasteiger charge is -2.31. The van der Waals surface area contributed by atoms with E-state index in [4.69, 9.17) is 4.74 Å². The first-order valence-corrected chi connectivity index (χ1v) is 8.46. The predicted octanol–water partition coefficient (Wildman–Crippen LogP) is 0.735. The van der Waals surface area contributed by atoms with E-state index in [-0.39, 0.29) is 0 Å². The van der Waals surface area contributed by atoms with E-state index in [1.165, 1.54) is 11.3 Å². The molecule has 2 fully saturated rings. The van der Waals surface area contributed by atoms with Crippen molar-refractivity contribution in [2.24, 2.45) is 0 Å². The summed E-state index contributed by atoms with van der Waals surface area (Å²) in [6, 6.07) is 8.53. The van der Waals surface area contributed by atoms with Crippen molar-refractivity contribution in [3.8, 4) is 0 Å². The van der Waals surface area contributed by atoms with Gasteiger partial charge in [-0.1, -0.05) is 18.2 Å². The number of para-hydroxylation sites is 1. The number of rotatable bonds is 4. The van der Waals surface area contributed by atoms with Crippen LogP contribution in [0.3, 0.4) is 0 Å². The number of aromatic amines is 1. The van der Waals surface area contributed by atoms with Gasteiger partial charge in [-0.15, -0.1) is 0 Å². The summed E-state index contributed by atoms with van der Waals surface area (Å²) < 4.78 is 5.46. The first-order valence-electron chi connectivity index (χ1n) is 8.46. The van der Waals surface area contributed by atoms with E-state index in [9.17, 15) is 5.11 Å². The minimum Gasteiger partial charge on any atom is -0.382 e. The molecule has 128 valence electrons. The van der Waals surface area contributed by atoms with Crippen LogP contribution >= 0.6 is 0 Å². The van der Waals surface area contributed by atoms with Crippen LogP contribution in [-0.4, -0.2) is 64.8 Å². The van der Waals surface area contributed by atoms with Crippen molar-refractivity contribution in [3.63, 3.8) is 0 Å². The maximum Gasteiger partial charge on any atom is 0.124 e. The zero-order valence-corrected chi connectivity index (χ0v) is 13.7. The number of anilines is 1. The Hall–Kier alpha value is -1.96. The SMILES string of the molecule is OC1(c2cn[nH]n2)CCN(Cc2ccccc2N2CCOCC2)C1. The first kappa shape index (κ1) is 15.6. The van der Waals surface area contributed by atoms with Crippen LogP contribution in [0.2, 0.25) is 0 Å². The third-order valence-electron chi connectivity index (χ3n) is 4.96. The molecule has 1 atom stereocenters. The molecule has 7 heteroatoms. The molecule has 2 aliphatic heterocycles. The normalized spacial score (nSPS) is 25.3. The molecule has 0 saturated carbocycles. The average Bonchev–Trinajstić information content (AvgIpc) is 3.27. The molecule has 24 heavy (non-hydrogen) atoms. The number of morpholine rings is 1. The highest BCUT2D eigenvalue weighted by atomic mass is 16.5. The number of likely N-dealkylation sites (tertiary alicyclic amines) is 1. The van der Waals surface area contributed by atoms with E-state index >= 15 is 0 Å². The molecule has 7 nitrogen and oxygen atoms in total. The van der Waals surface area contributed by atoms with Gasteiger partial charge in [-0.25, -0.2) is 0 Å². The van der Waals surface area contributed by atoms with E-state index in [1.54, 1.807) is 6.20 Å². The van der Waals surface area contributed by atoms with Crippen LogP contribution in [0.15, 0.2) is 30.5 Å². The molecule has 3 heterocycles. The summed E-state index contributed by atoms with van der Waals surface area (Å²) in [6.07, 6.45) is 2.30. The lowest BCUT2D eigenvalue weighted by Crippen LogP contribution is -2.37. The molecular formula is C17H23N5O2. The number of H-pyrrole nitrogens is 1. The van der Waals surface area contributed by atoms with E-state index in [2.05, 4.69) is 49.5 Å². The lowest BCUT2D eigenvalue weighted by molar-refractivity contribution is 0.0409. The van der Waals surface area contributed by atoms with Crippen molar-refractivity contribution in [2.45, 2.75) is 18.6 Å². The van der Waals surface area contributed by atoms with E-state index < -0.39 is 5.60 Å². The minimum atomic E-state index is -0.902. The van der Waals surface area contributed by atoms with Crippen LogP contribution in [0.1, 0.15) is 17.7 Å². The van der Waals surface area contributed by atoms with Crippen molar-refractivity contribution in [3.05, 3.63) is 41.7 Å². The molecule has 0 radical (unpaired) electrons. The van der Waals surface area contributed by atoms with Gasteiger partial charge in [0.2, 0.25) is 0 Å². The smallest absolute Gasteiger partial charge is 0.124 e. The van der Waals surface area contributed by atoms with E-state index in [0.29, 0.717) is 18.7 Å². The maximum atomic E-state index is 10.8. The number of aliphatic hydroxyl groups is 1. The minimum absolute atomic E-state index is 0.580. The zero-order valence-electron chi connectivity index (χ0n) is 13.7. The van der Waals surface area contributed by atoms with Crippen LogP contribution in [-0.2, 0) is 16.9 Å². The van der Waals surface area contributed by atoms with Gasteiger partial charge in [0.1, 0.15) is 11.3 Å². The molecular weight excluding hydrogens is 306 g/mol. The number of ether oxygens (including phenoxy) is 1. The maximum absolute atomic E-state index is 10.8. The molecule has 2 N–H and O–H groups in total. The van der Waals surface area contributed by atoms with Gasteiger partial charge in [-0.05, 0) is 18.1 Å². The van der Waals surface area contributed by atoms with Gasteiger partial charge in [0.15, 0.2) is 0 Å². The molecule has 0 amide bonds. The van der Waals surface area contributed by atoms with Gasteiger partial charge < -0.3 is 14.7 Å². The quantitative estimate of drug-likeness (QED) is 0.861. The fourth-order valence-corrected chi connectivity index (χ4v) is 3.64. The van der Waals surface area contributed by atoms with Crippen LogP contribution in [0.5, 0.6) is 0 Å². The second-order valence-electron chi connectivity index (χ2n) is 6.58. The predicted molar refractivity (Wildman–Crippen MR) is 89.6 cm³/mol. The van der Waals surface area contributed by atoms with Gasteiger partial charge in [-0.3, -0.25) is 4.90 Å². The Morgan fingerprint density at radius 1 is 1.21 bits per heavy atom. The monoisotopic (exact) mass is 329 g/mol. The Labute approximate surface area is 141 Å². The second-order valence-corrected chi connectivity index (χ2v) is 6.58. The van der Waals surface area contributed by atoms with Crippen molar-refractivity contribution < 1.29 is 9.84 Å². The standard InChI is InChI=1S/C17H23N5O2/c23-17(16-11-18-20-19-16)5-6-21(13-17)12-14-3-1-2-4-15(14)22-7-9-24-10-8-22/h1-4,11,23H,5-10,12-13H2,(H,18,19,20). The largest absolute Gasteiger partial charge is 0.382 e. The number of hydrogen-bond acceptors (Lipinski definition) is 6. The third kappa shape index (κ3) is 3.02. The highest BCUT2D eigenvalue weighted by Crippen LogP contribution is 2.32. The van der Waals surface area contributed by atoms with Crippen LogP contribution in [0, 0.1) is 0 Å². The Bertz CT molecular complexity index is 671. The van der Waals surface area contributed by atoms with Crippen molar-refractivity contribution in [1.29, 1.82) is 0 Å². The average molecular weight is 329 g/mol. The third-order valence-corrected chi connectivity index (χ3v) is 4.96. The van der Waals surface area contributed by atoms with Crippen molar-refractivity contribution in [2.75, 3.05) is 44.3 Å². The molecule has 1 unspecified atom stereocenters. The Balaban J connectivity index is 1.48. The number of β-amino-alcohol motifs (C(OH)–C–C–N with tert-alkyl or cyclic N) is 1. The Kier molecular flexibility index (Phi) is 4.22. The molecule has 2 saturated heterocycles. The molecule has 2 aromatic rings. The van der Waals surface area contributed by atoms with Crippen molar-refractivity contribution in [1.82, 2.24) is 20.3 Å². The number of nitrogens with zero attached hydrogens (tertiary/aromatic N) is 4. The Morgan fingerprint density at radius 2 is 2.04 bits per heavy atom. The summed E-state index contributed by atoms with van der Waals surface area (Å²) in [5, 5.41) is 21.3. The number of nitrogens with one attached hydrogen (secondary N) is 1. The summed E-state index contributed by atoms with van der Waals surface area (Å²) in [5.41, 5.74) is 2.30. The molecule has 0 bridgehead atoms. The van der Waals surface area contributed by atoms with Gasteiger partial charge in [0.25, 0.3) is 0 Å². The summed E-state index contributed by atoms with van der Waals surface area (Å²) >= 11 is 0. The molecule has 0 aliphatic carbocycles. The fourth-order valence-electron chi connectivity index (χ4n) is 3.64. The van der Waals surface area contributed by atoms with E-state index in [0.717, 1.165) is 39.4 Å². The first-order chi connectivity index (χ1) is 11.7. The molecule has 1 aromatic carbocycles. The van der Waals surface area contributed by atoms with Gasteiger partial charge >= 0.3 is 0 Å². The van der Waals surface area contributed by atoms with Gasteiger partial charge in [-0.2, -0.15) is 15.4 Å². The van der Waals surface area contributed by atoms with E-state index in [1.807, 2.05) is 0 Å². The van der Waals surface area contributed by atoms with Crippen LogP contribution < -0.4 is 4.90 Å². The number of aromatic nitrogens is 3. The fraction of sp³-hybridized carbons (Fsp3) is 0.529. The topological polar surface area (TPSA) is 77.5 Å². The lowest BCUT2D eigenvalue weighted by atomic mass is 10.00. The summed E-state index contributed by atoms with van der Waals surface area (Å²) in [4.78, 5) is 4.67. The van der Waals surface area contributed by atoms with Crippen LogP contribution in [0.4, 0.5) is 5.69 Å². The highest BCUT2D eigenvalue weighted by molar-refractivity contribution is 5.54. The summed E-state index contributed by atoms with van der Waals surface area (Å²) in [6.45, 7) is 5.68. The highest BCUT2D eigenvalue weighted by Gasteiger charge is 2.39. The molecule has 1 aromatic heterocycles. The molecule has 0 spiro atoms. The van der Waals surface area contributed by atoms with Gasteiger partial charge in [0.05, 0.1) is 19.4 Å². The van der Waals surface area contributed by atoms with Crippen molar-refractivity contribution >= 4 is 5.69 Å². The number of benzene rings is 1.